The molecule has 1 aliphatic heterocycles. The molecule has 10 nitrogen and oxygen atoms in total. The van der Waals surface area contributed by atoms with Gasteiger partial charge in [0.25, 0.3) is 0 Å². The van der Waals surface area contributed by atoms with Crippen LogP contribution >= 0.6 is 0 Å². The van der Waals surface area contributed by atoms with E-state index in [-0.39, 0.29) is 18.4 Å². The number of nitrogens with one attached hydrogen (secondary N) is 2. The number of likely N-dealkylation sites (tertiary alicyclic amines) is 1. The average Bonchev–Trinajstić information content (AvgIpc) is 3.54. The quantitative estimate of drug-likeness (QED) is 0.489. The molecule has 202 valence electrons. The number of nitrogens with zero attached hydrogens (tertiary/aromatic N) is 3. The molecule has 0 spiro atoms. The number of fused-ring (bicyclic) bond motifs is 1. The number of hydrogen-bond acceptors (Lipinski definition) is 6. The van der Waals surface area contributed by atoms with Crippen molar-refractivity contribution in [3.63, 3.8) is 0 Å². The minimum atomic E-state index is -0.737. The number of H-pyrrole nitrogens is 1. The molecule has 1 aliphatic rings. The van der Waals surface area contributed by atoms with Crippen molar-refractivity contribution in [1.29, 1.82) is 0 Å². The van der Waals surface area contributed by atoms with Crippen molar-refractivity contribution in [2.24, 2.45) is 5.92 Å². The maximum atomic E-state index is 13.1. The molecule has 10 heteroatoms. The molecule has 2 N–H and O–H groups in total. The Bertz CT molecular complexity index is 1290. The SMILES string of the molecule is CN(C)C(=O)C(Cc1ccc(Oc2ccnc3[nH]ccc23)cc1)NC(=O)C1CCN(C(=O)OC(C)(C)C)C1. The van der Waals surface area contributed by atoms with Gasteiger partial charge in [-0.05, 0) is 57.0 Å². The maximum absolute atomic E-state index is 13.1. The van der Waals surface area contributed by atoms with Crippen molar-refractivity contribution in [1.82, 2.24) is 25.1 Å². The molecule has 2 atom stereocenters. The van der Waals surface area contributed by atoms with Crippen LogP contribution in [0.4, 0.5) is 4.79 Å². The van der Waals surface area contributed by atoms with Gasteiger partial charge in [0.1, 0.15) is 28.8 Å². The Labute approximate surface area is 222 Å². The van der Waals surface area contributed by atoms with Crippen LogP contribution in [-0.2, 0) is 20.7 Å². The van der Waals surface area contributed by atoms with Crippen LogP contribution in [0.25, 0.3) is 11.0 Å². The van der Waals surface area contributed by atoms with Gasteiger partial charge in [0.05, 0.1) is 11.3 Å². The average molecular weight is 522 g/mol. The standard InChI is InChI=1S/C28H35N5O5/c1-28(2,3)38-27(36)33-15-12-19(17-33)25(34)31-22(26(35)32(4)5)16-18-6-8-20(9-7-18)37-23-11-14-30-24-21(23)10-13-29-24/h6-11,13-14,19,22H,12,15-17H2,1-5H3,(H,29,30)(H,31,34). The lowest BCUT2D eigenvalue weighted by molar-refractivity contribution is -0.135. The third kappa shape index (κ3) is 6.62. The molecule has 2 unspecified atom stereocenters. The van der Waals surface area contributed by atoms with Gasteiger partial charge in [-0.3, -0.25) is 9.59 Å². The van der Waals surface area contributed by atoms with E-state index >= 15 is 0 Å². The molecule has 4 rings (SSSR count). The summed E-state index contributed by atoms with van der Waals surface area (Å²) in [4.78, 5) is 48.7. The largest absolute Gasteiger partial charge is 0.457 e. The number of hydrogen-bond donors (Lipinski definition) is 2. The summed E-state index contributed by atoms with van der Waals surface area (Å²) in [6.07, 6.45) is 3.90. The van der Waals surface area contributed by atoms with E-state index in [1.54, 1.807) is 52.0 Å². The van der Waals surface area contributed by atoms with Gasteiger partial charge in [0, 0.05) is 46.0 Å². The van der Waals surface area contributed by atoms with Gasteiger partial charge < -0.3 is 29.6 Å². The number of amides is 3. The zero-order chi connectivity index (χ0) is 27.4. The van der Waals surface area contributed by atoms with E-state index in [1.165, 1.54) is 4.90 Å². The fourth-order valence-corrected chi connectivity index (χ4v) is 4.35. The van der Waals surface area contributed by atoms with Gasteiger partial charge in [-0.15, -0.1) is 0 Å². The van der Waals surface area contributed by atoms with Crippen molar-refractivity contribution < 1.29 is 23.9 Å². The Balaban J connectivity index is 1.39. The highest BCUT2D eigenvalue weighted by Gasteiger charge is 2.35. The number of likely N-dealkylation sites (N-methyl/N-ethyl adjacent to an activating group) is 1. The Morgan fingerprint density at radius 2 is 1.89 bits per heavy atom. The molecule has 38 heavy (non-hydrogen) atoms. The lowest BCUT2D eigenvalue weighted by Crippen LogP contribution is -2.49. The normalized spacial score (nSPS) is 16.2. The summed E-state index contributed by atoms with van der Waals surface area (Å²) < 4.78 is 11.5. The molecule has 3 aromatic rings. The fourth-order valence-electron chi connectivity index (χ4n) is 4.35. The predicted octanol–water partition coefficient (Wildman–Crippen LogP) is 3.73. The van der Waals surface area contributed by atoms with Crippen LogP contribution in [0, 0.1) is 5.92 Å². The third-order valence-corrected chi connectivity index (χ3v) is 6.28. The van der Waals surface area contributed by atoms with Crippen LogP contribution in [0.3, 0.4) is 0 Å². The Kier molecular flexibility index (Phi) is 7.89. The van der Waals surface area contributed by atoms with E-state index in [1.807, 2.05) is 36.5 Å². The summed E-state index contributed by atoms with van der Waals surface area (Å²) >= 11 is 0. The van der Waals surface area contributed by atoms with Crippen LogP contribution in [-0.4, -0.2) is 76.5 Å². The van der Waals surface area contributed by atoms with E-state index in [2.05, 4.69) is 15.3 Å². The molecule has 0 radical (unpaired) electrons. The number of rotatable bonds is 7. The Morgan fingerprint density at radius 1 is 1.16 bits per heavy atom. The monoisotopic (exact) mass is 521 g/mol. The minimum Gasteiger partial charge on any atom is -0.457 e. The van der Waals surface area contributed by atoms with E-state index in [0.717, 1.165) is 16.6 Å². The molecule has 0 saturated carbocycles. The molecule has 1 fully saturated rings. The van der Waals surface area contributed by atoms with Crippen molar-refractivity contribution >= 4 is 28.9 Å². The van der Waals surface area contributed by atoms with Crippen LogP contribution in [0.15, 0.2) is 48.8 Å². The van der Waals surface area contributed by atoms with Crippen molar-refractivity contribution in [3.8, 4) is 11.5 Å². The third-order valence-electron chi connectivity index (χ3n) is 6.28. The first-order chi connectivity index (χ1) is 18.0. The molecular formula is C28H35N5O5. The first kappa shape index (κ1) is 27.0. The molecule has 3 heterocycles. The molecule has 3 amide bonds. The zero-order valence-corrected chi connectivity index (χ0v) is 22.5. The highest BCUT2D eigenvalue weighted by molar-refractivity contribution is 5.89. The molecular weight excluding hydrogens is 486 g/mol. The summed E-state index contributed by atoms with van der Waals surface area (Å²) in [5.74, 6) is 0.488. The van der Waals surface area contributed by atoms with Crippen molar-refractivity contribution in [2.45, 2.75) is 45.3 Å². The van der Waals surface area contributed by atoms with Crippen LogP contribution < -0.4 is 10.1 Å². The van der Waals surface area contributed by atoms with Gasteiger partial charge >= 0.3 is 6.09 Å². The summed E-state index contributed by atoms with van der Waals surface area (Å²) in [6.45, 7) is 6.12. The topological polar surface area (TPSA) is 117 Å². The number of aromatic amines is 1. The summed E-state index contributed by atoms with van der Waals surface area (Å²) in [5, 5.41) is 3.80. The number of benzene rings is 1. The van der Waals surface area contributed by atoms with Crippen molar-refractivity contribution in [2.75, 3.05) is 27.2 Å². The summed E-state index contributed by atoms with van der Waals surface area (Å²) in [7, 11) is 3.32. The van der Waals surface area contributed by atoms with E-state index in [4.69, 9.17) is 9.47 Å². The first-order valence-corrected chi connectivity index (χ1v) is 12.7. The number of aromatic nitrogens is 2. The van der Waals surface area contributed by atoms with E-state index in [9.17, 15) is 14.4 Å². The van der Waals surface area contributed by atoms with Gasteiger partial charge in [-0.25, -0.2) is 9.78 Å². The highest BCUT2D eigenvalue weighted by Crippen LogP contribution is 2.28. The number of carbonyl (C=O) groups excluding carboxylic acids is 3. The lowest BCUT2D eigenvalue weighted by Gasteiger charge is -2.25. The van der Waals surface area contributed by atoms with Crippen LogP contribution in [0.2, 0.25) is 0 Å². The molecule has 1 saturated heterocycles. The van der Waals surface area contributed by atoms with Gasteiger partial charge in [0.15, 0.2) is 0 Å². The predicted molar refractivity (Wildman–Crippen MR) is 143 cm³/mol. The van der Waals surface area contributed by atoms with Crippen LogP contribution in [0.5, 0.6) is 11.5 Å². The first-order valence-electron chi connectivity index (χ1n) is 12.7. The second-order valence-corrected chi connectivity index (χ2v) is 10.7. The molecule has 0 bridgehead atoms. The van der Waals surface area contributed by atoms with Gasteiger partial charge in [-0.1, -0.05) is 12.1 Å². The molecule has 2 aromatic heterocycles. The maximum Gasteiger partial charge on any atom is 0.410 e. The number of carbonyl (C=O) groups is 3. The van der Waals surface area contributed by atoms with Gasteiger partial charge in [-0.2, -0.15) is 0 Å². The molecule has 0 aliphatic carbocycles. The van der Waals surface area contributed by atoms with E-state index < -0.39 is 23.7 Å². The number of ether oxygens (including phenoxy) is 2. The minimum absolute atomic E-state index is 0.202. The lowest BCUT2D eigenvalue weighted by atomic mass is 10.0. The summed E-state index contributed by atoms with van der Waals surface area (Å²) in [6, 6.07) is 10.4. The van der Waals surface area contributed by atoms with Gasteiger partial charge in [0.2, 0.25) is 11.8 Å². The number of pyridine rings is 1. The van der Waals surface area contributed by atoms with Crippen LogP contribution in [0.1, 0.15) is 32.8 Å². The fraction of sp³-hybridized carbons (Fsp3) is 0.429. The Hall–Kier alpha value is -4.08. The highest BCUT2D eigenvalue weighted by atomic mass is 16.6. The second kappa shape index (κ2) is 11.1. The second-order valence-electron chi connectivity index (χ2n) is 10.7. The molecule has 1 aromatic carbocycles. The zero-order valence-electron chi connectivity index (χ0n) is 22.5. The van der Waals surface area contributed by atoms with Crippen molar-refractivity contribution in [3.05, 3.63) is 54.4 Å². The smallest absolute Gasteiger partial charge is 0.410 e. The summed E-state index contributed by atoms with van der Waals surface area (Å²) in [5.41, 5.74) is 1.02. The van der Waals surface area contributed by atoms with E-state index in [0.29, 0.717) is 30.9 Å². The Morgan fingerprint density at radius 3 is 2.58 bits per heavy atom.